The van der Waals surface area contributed by atoms with Gasteiger partial charge in [-0.15, -0.1) is 11.8 Å². The normalized spacial score (nSPS) is 24.0. The fourth-order valence-electron chi connectivity index (χ4n) is 4.02. The summed E-state index contributed by atoms with van der Waals surface area (Å²) in [5, 5.41) is 4.73. The molecule has 0 radical (unpaired) electrons. The minimum atomic E-state index is -0.251. The first-order valence-electron chi connectivity index (χ1n) is 9.17. The van der Waals surface area contributed by atoms with Gasteiger partial charge in [0.25, 0.3) is 0 Å². The molecule has 27 heavy (non-hydrogen) atoms. The highest BCUT2D eigenvalue weighted by Crippen LogP contribution is 2.44. The first-order valence-corrected chi connectivity index (χ1v) is 10.4. The Morgan fingerprint density at radius 3 is 2.96 bits per heavy atom. The summed E-state index contributed by atoms with van der Waals surface area (Å²) in [6, 6.07) is 14.7. The Balaban J connectivity index is 1.56. The van der Waals surface area contributed by atoms with E-state index in [2.05, 4.69) is 51.9 Å². The maximum absolute atomic E-state index is 6.37. The average molecular weight is 379 g/mol. The van der Waals surface area contributed by atoms with E-state index in [0.29, 0.717) is 6.61 Å². The zero-order valence-corrected chi connectivity index (χ0v) is 16.0. The quantitative estimate of drug-likeness (QED) is 0.679. The van der Waals surface area contributed by atoms with Crippen LogP contribution in [0.25, 0.3) is 10.9 Å². The lowest BCUT2D eigenvalue weighted by Crippen LogP contribution is -2.43. The van der Waals surface area contributed by atoms with Gasteiger partial charge in [0, 0.05) is 28.7 Å². The van der Waals surface area contributed by atoms with Gasteiger partial charge in [0.05, 0.1) is 24.8 Å². The second kappa shape index (κ2) is 6.69. The topological polar surface area (TPSA) is 56.3 Å². The van der Waals surface area contributed by atoms with Crippen molar-refractivity contribution in [1.29, 1.82) is 0 Å². The van der Waals surface area contributed by atoms with Crippen LogP contribution in [-0.2, 0) is 4.74 Å². The standard InChI is InChI=1S/C21H21N3O2S/c1-27-14-6-7-17-16(10-14)20(23-13-22-17)24-18-11-21(8-9-25-12-21)26-19-5-3-2-4-15(18)19/h2-7,10,13,18H,8-9,11-12H2,1H3,(H,22,23,24). The molecule has 2 aromatic carbocycles. The molecule has 138 valence electrons. The number of para-hydroxylation sites is 1. The summed E-state index contributed by atoms with van der Waals surface area (Å²) in [6.45, 7) is 1.39. The highest BCUT2D eigenvalue weighted by Gasteiger charge is 2.44. The zero-order chi connectivity index (χ0) is 18.3. The van der Waals surface area contributed by atoms with E-state index in [1.807, 2.05) is 12.1 Å². The summed E-state index contributed by atoms with van der Waals surface area (Å²) in [4.78, 5) is 10.2. The molecule has 1 N–H and O–H groups in total. The Labute approximate surface area is 162 Å². The molecule has 0 saturated carbocycles. The van der Waals surface area contributed by atoms with Crippen LogP contribution >= 0.6 is 11.8 Å². The molecule has 1 aromatic heterocycles. The fourth-order valence-corrected chi connectivity index (χ4v) is 4.46. The van der Waals surface area contributed by atoms with E-state index in [1.54, 1.807) is 18.1 Å². The molecule has 2 aliphatic heterocycles. The van der Waals surface area contributed by atoms with Crippen molar-refractivity contribution < 1.29 is 9.47 Å². The van der Waals surface area contributed by atoms with Crippen molar-refractivity contribution in [1.82, 2.24) is 9.97 Å². The maximum atomic E-state index is 6.37. The molecule has 5 nitrogen and oxygen atoms in total. The van der Waals surface area contributed by atoms with E-state index in [1.165, 1.54) is 10.5 Å². The van der Waals surface area contributed by atoms with Crippen LogP contribution in [0.4, 0.5) is 5.82 Å². The van der Waals surface area contributed by atoms with E-state index in [9.17, 15) is 0 Å². The van der Waals surface area contributed by atoms with Crippen molar-refractivity contribution in [3.05, 3.63) is 54.4 Å². The van der Waals surface area contributed by atoms with Gasteiger partial charge in [-0.1, -0.05) is 18.2 Å². The Bertz CT molecular complexity index is 988. The van der Waals surface area contributed by atoms with Gasteiger partial charge in [0.15, 0.2) is 0 Å². The molecule has 2 unspecified atom stereocenters. The Hall–Kier alpha value is -2.31. The molecule has 5 rings (SSSR count). The Kier molecular flexibility index (Phi) is 4.17. The summed E-state index contributed by atoms with van der Waals surface area (Å²) in [6.07, 6.45) is 5.48. The summed E-state index contributed by atoms with van der Waals surface area (Å²) in [5.74, 6) is 1.81. The lowest BCUT2D eigenvalue weighted by atomic mass is 9.86. The number of fused-ring (bicyclic) bond motifs is 2. The van der Waals surface area contributed by atoms with E-state index in [4.69, 9.17) is 9.47 Å². The number of nitrogens with zero attached hydrogens (tertiary/aromatic N) is 2. The lowest BCUT2D eigenvalue weighted by molar-refractivity contribution is 0.0257. The van der Waals surface area contributed by atoms with Crippen LogP contribution in [0.2, 0.25) is 0 Å². The minimum Gasteiger partial charge on any atom is -0.484 e. The van der Waals surface area contributed by atoms with Crippen molar-refractivity contribution >= 4 is 28.5 Å². The molecule has 0 bridgehead atoms. The third kappa shape index (κ3) is 3.03. The largest absolute Gasteiger partial charge is 0.484 e. The first-order chi connectivity index (χ1) is 13.3. The SMILES string of the molecule is CSc1ccc2ncnc(NC3CC4(CCOC4)Oc4ccccc43)c2c1. The second-order valence-corrected chi connectivity index (χ2v) is 8.01. The molecule has 0 aliphatic carbocycles. The molecule has 6 heteroatoms. The molecule has 0 amide bonds. The molecule has 1 spiro atoms. The molecule has 3 heterocycles. The monoisotopic (exact) mass is 379 g/mol. The summed E-state index contributed by atoms with van der Waals surface area (Å²) in [5.41, 5.74) is 1.87. The predicted octanol–water partition coefficient (Wildman–Crippen LogP) is 4.45. The number of nitrogens with one attached hydrogen (secondary N) is 1. The van der Waals surface area contributed by atoms with Gasteiger partial charge in [0.2, 0.25) is 0 Å². The number of anilines is 1. The van der Waals surface area contributed by atoms with Crippen LogP contribution in [-0.4, -0.2) is 35.0 Å². The molecule has 1 saturated heterocycles. The third-order valence-electron chi connectivity index (χ3n) is 5.42. The number of ether oxygens (including phenoxy) is 2. The van der Waals surface area contributed by atoms with E-state index < -0.39 is 0 Å². The number of hydrogen-bond donors (Lipinski definition) is 1. The molecule has 2 aliphatic rings. The van der Waals surface area contributed by atoms with Crippen LogP contribution < -0.4 is 10.1 Å². The van der Waals surface area contributed by atoms with E-state index in [0.717, 1.165) is 41.9 Å². The highest BCUT2D eigenvalue weighted by atomic mass is 32.2. The number of rotatable bonds is 3. The van der Waals surface area contributed by atoms with Crippen molar-refractivity contribution in [3.8, 4) is 5.75 Å². The fraction of sp³-hybridized carbons (Fsp3) is 0.333. The first kappa shape index (κ1) is 16.8. The Morgan fingerprint density at radius 1 is 1.19 bits per heavy atom. The molecular formula is C21H21N3O2S. The van der Waals surface area contributed by atoms with Crippen molar-refractivity contribution in [2.45, 2.75) is 29.4 Å². The number of thioether (sulfide) groups is 1. The lowest BCUT2D eigenvalue weighted by Gasteiger charge is -2.39. The minimum absolute atomic E-state index is 0.118. The summed E-state index contributed by atoms with van der Waals surface area (Å²) in [7, 11) is 0. The molecule has 1 fully saturated rings. The van der Waals surface area contributed by atoms with Crippen LogP contribution in [0.3, 0.4) is 0 Å². The van der Waals surface area contributed by atoms with Crippen LogP contribution in [0, 0.1) is 0 Å². The average Bonchev–Trinajstić information content (AvgIpc) is 3.15. The number of aromatic nitrogens is 2. The summed E-state index contributed by atoms with van der Waals surface area (Å²) >= 11 is 1.72. The van der Waals surface area contributed by atoms with Gasteiger partial charge in [-0.25, -0.2) is 9.97 Å². The maximum Gasteiger partial charge on any atom is 0.137 e. The number of benzene rings is 2. The van der Waals surface area contributed by atoms with E-state index in [-0.39, 0.29) is 11.6 Å². The van der Waals surface area contributed by atoms with Gasteiger partial charge in [-0.05, 0) is 30.5 Å². The van der Waals surface area contributed by atoms with Gasteiger partial charge in [0.1, 0.15) is 23.5 Å². The van der Waals surface area contributed by atoms with Gasteiger partial charge < -0.3 is 14.8 Å². The van der Waals surface area contributed by atoms with Gasteiger partial charge in [-0.2, -0.15) is 0 Å². The van der Waals surface area contributed by atoms with Crippen LogP contribution in [0.1, 0.15) is 24.4 Å². The second-order valence-electron chi connectivity index (χ2n) is 7.13. The van der Waals surface area contributed by atoms with Gasteiger partial charge in [-0.3, -0.25) is 0 Å². The Morgan fingerprint density at radius 2 is 2.11 bits per heavy atom. The van der Waals surface area contributed by atoms with Crippen molar-refractivity contribution in [2.75, 3.05) is 24.8 Å². The summed E-state index contributed by atoms with van der Waals surface area (Å²) < 4.78 is 12.0. The zero-order valence-electron chi connectivity index (χ0n) is 15.1. The highest BCUT2D eigenvalue weighted by molar-refractivity contribution is 7.98. The molecule has 2 atom stereocenters. The third-order valence-corrected chi connectivity index (χ3v) is 6.14. The predicted molar refractivity (Wildman–Crippen MR) is 108 cm³/mol. The molecule has 3 aromatic rings. The number of hydrogen-bond acceptors (Lipinski definition) is 6. The van der Waals surface area contributed by atoms with E-state index >= 15 is 0 Å². The smallest absolute Gasteiger partial charge is 0.137 e. The van der Waals surface area contributed by atoms with Crippen LogP contribution in [0.15, 0.2) is 53.7 Å². The van der Waals surface area contributed by atoms with Crippen molar-refractivity contribution in [3.63, 3.8) is 0 Å². The molecular weight excluding hydrogens is 358 g/mol. The van der Waals surface area contributed by atoms with Gasteiger partial charge >= 0.3 is 0 Å². The van der Waals surface area contributed by atoms with Crippen molar-refractivity contribution in [2.24, 2.45) is 0 Å². The van der Waals surface area contributed by atoms with Crippen LogP contribution in [0.5, 0.6) is 5.75 Å².